The molecule has 0 saturated carbocycles. The number of rotatable bonds is 45. The first-order chi connectivity index (χ1) is 28.4. The first-order valence-corrected chi connectivity index (χ1v) is 28.0. The lowest BCUT2D eigenvalue weighted by atomic mass is 9.85. The Balaban J connectivity index is 3.14. The summed E-state index contributed by atoms with van der Waals surface area (Å²) < 4.78 is 37.3. The molecule has 0 aliphatic rings. The van der Waals surface area contributed by atoms with Crippen LogP contribution in [0.4, 0.5) is 0 Å². The average molecular weight is 831 g/mol. The van der Waals surface area contributed by atoms with E-state index in [9.17, 15) is 13.0 Å². The van der Waals surface area contributed by atoms with Gasteiger partial charge in [0.15, 0.2) is 0 Å². The van der Waals surface area contributed by atoms with Crippen molar-refractivity contribution in [2.45, 2.75) is 315 Å². The zero-order valence-electron chi connectivity index (χ0n) is 39.9. The third-order valence-corrected chi connectivity index (χ3v) is 14.1. The van der Waals surface area contributed by atoms with Gasteiger partial charge in [-0.2, -0.15) is 8.42 Å². The van der Waals surface area contributed by atoms with E-state index in [2.05, 4.69) is 27.7 Å². The normalized spacial score (nSPS) is 11.9. The van der Waals surface area contributed by atoms with Gasteiger partial charge in [-0.3, -0.25) is 4.55 Å². The summed E-state index contributed by atoms with van der Waals surface area (Å²) in [5, 5.41) is 0. The molecule has 0 bridgehead atoms. The van der Waals surface area contributed by atoms with Crippen LogP contribution in [0.1, 0.15) is 307 Å². The van der Waals surface area contributed by atoms with E-state index >= 15 is 0 Å². The van der Waals surface area contributed by atoms with E-state index in [1.807, 2.05) is 6.07 Å². The molecule has 1 N–H and O–H groups in total. The first kappa shape index (κ1) is 55.1. The van der Waals surface area contributed by atoms with E-state index in [0.29, 0.717) is 0 Å². The Kier molecular flexibility index (Phi) is 38.2. The van der Waals surface area contributed by atoms with Gasteiger partial charge >= 0.3 is 0 Å². The van der Waals surface area contributed by atoms with Crippen LogP contribution in [0.3, 0.4) is 0 Å². The number of unbranched alkanes of at least 4 members (excludes halogenated alkanes) is 36. The van der Waals surface area contributed by atoms with Gasteiger partial charge in [0.05, 0.1) is 4.90 Å². The van der Waals surface area contributed by atoms with Gasteiger partial charge < -0.3 is 0 Å². The summed E-state index contributed by atoms with van der Waals surface area (Å²) >= 11 is 0. The Morgan fingerprint density at radius 3 is 0.810 bits per heavy atom. The molecule has 0 spiro atoms. The van der Waals surface area contributed by atoms with Crippen molar-refractivity contribution in [3.05, 3.63) is 28.3 Å². The fraction of sp³-hybridized carbons (Fsp3) is 0.889. The van der Waals surface area contributed by atoms with Gasteiger partial charge in [0, 0.05) is 0 Å². The minimum Gasteiger partial charge on any atom is -0.282 e. The van der Waals surface area contributed by atoms with Crippen LogP contribution in [0.5, 0.6) is 0 Å². The van der Waals surface area contributed by atoms with Crippen molar-refractivity contribution in [2.75, 3.05) is 0 Å². The number of aryl methyl sites for hydroxylation is 1. The second kappa shape index (κ2) is 40.2. The predicted molar refractivity (Wildman–Crippen MR) is 258 cm³/mol. The highest BCUT2D eigenvalue weighted by atomic mass is 32.2. The summed E-state index contributed by atoms with van der Waals surface area (Å²) in [6, 6.07) is 1.96. The number of hydrogen-bond donors (Lipinski definition) is 1. The Hall–Kier alpha value is -0.870. The third kappa shape index (κ3) is 30.2. The molecule has 1 rings (SSSR count). The Labute approximate surface area is 365 Å². The highest BCUT2D eigenvalue weighted by Gasteiger charge is 2.24. The second-order valence-electron chi connectivity index (χ2n) is 18.7. The maximum Gasteiger partial charge on any atom is 0.294 e. The summed E-state index contributed by atoms with van der Waals surface area (Å²) in [6.07, 6.45) is 55.9. The van der Waals surface area contributed by atoms with E-state index in [1.165, 1.54) is 248 Å². The van der Waals surface area contributed by atoms with Crippen LogP contribution in [-0.2, 0) is 35.8 Å². The van der Waals surface area contributed by atoms with Gasteiger partial charge in [0.25, 0.3) is 10.1 Å². The summed E-state index contributed by atoms with van der Waals surface area (Å²) in [5.41, 5.74) is 5.01. The van der Waals surface area contributed by atoms with E-state index < -0.39 is 10.1 Å². The molecule has 0 unspecified atom stereocenters. The Bertz CT molecular complexity index is 1140. The molecule has 342 valence electrons. The molecular weight excluding hydrogens is 729 g/mol. The van der Waals surface area contributed by atoms with Crippen molar-refractivity contribution in [2.24, 2.45) is 0 Å². The molecule has 0 heterocycles. The fourth-order valence-electron chi connectivity index (χ4n) is 9.37. The molecule has 0 aliphatic carbocycles. The van der Waals surface area contributed by atoms with Crippen molar-refractivity contribution in [3.8, 4) is 0 Å². The second-order valence-corrected chi connectivity index (χ2v) is 20.1. The van der Waals surface area contributed by atoms with E-state index in [4.69, 9.17) is 0 Å². The minimum atomic E-state index is -4.31. The Morgan fingerprint density at radius 2 is 0.534 bits per heavy atom. The predicted octanol–water partition coefficient (Wildman–Crippen LogP) is 18.8. The molecule has 1 aromatic rings. The van der Waals surface area contributed by atoms with Crippen LogP contribution < -0.4 is 0 Å². The topological polar surface area (TPSA) is 54.4 Å². The van der Waals surface area contributed by atoms with Crippen LogP contribution in [0.25, 0.3) is 0 Å². The van der Waals surface area contributed by atoms with Crippen LogP contribution >= 0.6 is 0 Å². The molecule has 58 heavy (non-hydrogen) atoms. The molecule has 3 nitrogen and oxygen atoms in total. The first-order valence-electron chi connectivity index (χ1n) is 26.5. The van der Waals surface area contributed by atoms with E-state index in [1.54, 1.807) is 0 Å². The highest BCUT2D eigenvalue weighted by Crippen LogP contribution is 2.33. The van der Waals surface area contributed by atoms with Crippen LogP contribution in [0.15, 0.2) is 11.0 Å². The van der Waals surface area contributed by atoms with Crippen molar-refractivity contribution < 1.29 is 13.0 Å². The molecule has 0 aromatic heterocycles. The number of benzene rings is 1. The average Bonchev–Trinajstić information content (AvgIpc) is 3.21. The summed E-state index contributed by atoms with van der Waals surface area (Å²) in [7, 11) is -4.31. The lowest BCUT2D eigenvalue weighted by Crippen LogP contribution is -2.13. The fourth-order valence-corrected chi connectivity index (χ4v) is 10.2. The Morgan fingerprint density at radius 1 is 0.310 bits per heavy atom. The summed E-state index contributed by atoms with van der Waals surface area (Å²) in [5.74, 6) is 0. The molecule has 0 saturated heterocycles. The van der Waals surface area contributed by atoms with Crippen LogP contribution in [0, 0.1) is 0 Å². The molecule has 0 amide bonds. The van der Waals surface area contributed by atoms with Gasteiger partial charge in [0.1, 0.15) is 0 Å². The minimum absolute atomic E-state index is 0.249. The van der Waals surface area contributed by atoms with Crippen LogP contribution in [-0.4, -0.2) is 13.0 Å². The molecule has 1 aromatic carbocycles. The van der Waals surface area contributed by atoms with Gasteiger partial charge in [-0.25, -0.2) is 0 Å². The lowest BCUT2D eigenvalue weighted by Gasteiger charge is -2.22. The molecule has 0 fully saturated rings. The van der Waals surface area contributed by atoms with Crippen molar-refractivity contribution in [3.63, 3.8) is 0 Å². The maximum atomic E-state index is 13.2. The van der Waals surface area contributed by atoms with Gasteiger partial charge in [0.2, 0.25) is 0 Å². The monoisotopic (exact) mass is 831 g/mol. The van der Waals surface area contributed by atoms with Crippen molar-refractivity contribution >= 4 is 10.1 Å². The largest absolute Gasteiger partial charge is 0.294 e. The van der Waals surface area contributed by atoms with Gasteiger partial charge in [-0.15, -0.1) is 0 Å². The van der Waals surface area contributed by atoms with Crippen LogP contribution in [0.2, 0.25) is 0 Å². The summed E-state index contributed by atoms with van der Waals surface area (Å²) in [6.45, 7) is 9.15. The molecular formula is C54H102O3S. The smallest absolute Gasteiger partial charge is 0.282 e. The van der Waals surface area contributed by atoms with Crippen molar-refractivity contribution in [1.82, 2.24) is 0 Å². The molecule has 0 radical (unpaired) electrons. The summed E-state index contributed by atoms with van der Waals surface area (Å²) in [4.78, 5) is 0.249. The van der Waals surface area contributed by atoms with E-state index in [-0.39, 0.29) is 4.90 Å². The lowest BCUT2D eigenvalue weighted by molar-refractivity contribution is 0.480. The molecule has 0 atom stereocenters. The molecule has 0 aliphatic heterocycles. The van der Waals surface area contributed by atoms with E-state index in [0.717, 1.165) is 56.9 Å². The number of hydrogen-bond acceptors (Lipinski definition) is 2. The standard InChI is InChI=1S/C54H102O3S/c1-5-9-13-17-21-25-29-33-37-41-45-50-49-54(58(55,56)57)53(48-44-40-36-32-28-24-20-16-12-8-4)52(47-43-39-35-31-27-23-19-15-11-7-3)51(50)46-42-38-34-30-26-22-18-14-10-6-2/h49H,5-48H2,1-4H3,(H,55,56,57). The van der Waals surface area contributed by atoms with Crippen molar-refractivity contribution in [1.29, 1.82) is 0 Å². The zero-order valence-corrected chi connectivity index (χ0v) is 40.7. The maximum absolute atomic E-state index is 13.2. The SMILES string of the molecule is CCCCCCCCCCCCc1cc(S(=O)(=O)O)c(CCCCCCCCCCCC)c(CCCCCCCCCCCC)c1CCCCCCCCCCCC. The molecule has 4 heteroatoms. The quantitative estimate of drug-likeness (QED) is 0.0526. The van der Waals surface area contributed by atoms with Gasteiger partial charge in [-0.1, -0.05) is 259 Å². The third-order valence-electron chi connectivity index (χ3n) is 13.1. The zero-order chi connectivity index (χ0) is 42.2. The van der Waals surface area contributed by atoms with Gasteiger partial charge in [-0.05, 0) is 79.7 Å². The highest BCUT2D eigenvalue weighted by molar-refractivity contribution is 7.85.